The molecule has 0 bridgehead atoms. The summed E-state index contributed by atoms with van der Waals surface area (Å²) in [6.07, 6.45) is 7.68. The van der Waals surface area contributed by atoms with Crippen molar-refractivity contribution in [3.8, 4) is 11.8 Å². The number of piperidine rings is 1. The molecule has 2 aliphatic heterocycles. The maximum atomic E-state index is 12.3. The Morgan fingerprint density at radius 1 is 1.14 bits per heavy atom. The maximum Gasteiger partial charge on any atom is 0.211 e. The molecule has 2 heterocycles. The predicted molar refractivity (Wildman–Crippen MR) is 120 cm³/mol. The minimum absolute atomic E-state index is 0. The lowest BCUT2D eigenvalue weighted by molar-refractivity contribution is 0.115. The Labute approximate surface area is 185 Å². The van der Waals surface area contributed by atoms with Gasteiger partial charge in [-0.1, -0.05) is 18.9 Å². The van der Waals surface area contributed by atoms with Gasteiger partial charge in [-0.3, -0.25) is 4.90 Å². The smallest absolute Gasteiger partial charge is 0.211 e. The van der Waals surface area contributed by atoms with Gasteiger partial charge in [-0.05, 0) is 62.9 Å². The van der Waals surface area contributed by atoms with Crippen molar-refractivity contribution in [3.05, 3.63) is 29.8 Å². The maximum absolute atomic E-state index is 12.3. The molecule has 29 heavy (non-hydrogen) atoms. The number of sulfonamides is 1. The lowest BCUT2D eigenvalue weighted by atomic mass is 9.87. The van der Waals surface area contributed by atoms with Crippen LogP contribution in [-0.2, 0) is 10.0 Å². The fourth-order valence-electron chi connectivity index (χ4n) is 4.50. The number of hydrogen-bond acceptors (Lipinski definition) is 5. The standard InChI is InChI=1S/C21H31N3O3S.BrH/c1-28(25,26)24-11-4-2-3-8-21(24)19-9-12-23(13-10-19)14-15-27-20-7-5-6-18(16-20)17-22;/h5-7,16,19,21H,2-4,8-15H2,1H3;1H. The zero-order valence-corrected chi connectivity index (χ0v) is 19.7. The van der Waals surface area contributed by atoms with Crippen LogP contribution < -0.4 is 4.74 Å². The van der Waals surface area contributed by atoms with Crippen LogP contribution in [-0.4, -0.2) is 62.7 Å². The van der Waals surface area contributed by atoms with Crippen molar-refractivity contribution in [2.75, 3.05) is 39.0 Å². The quantitative estimate of drug-likeness (QED) is 0.616. The van der Waals surface area contributed by atoms with Gasteiger partial charge in [0.15, 0.2) is 0 Å². The number of hydrogen-bond donors (Lipinski definition) is 0. The van der Waals surface area contributed by atoms with Crippen LogP contribution in [0.4, 0.5) is 0 Å². The molecule has 0 aromatic heterocycles. The third-order valence-electron chi connectivity index (χ3n) is 5.99. The predicted octanol–water partition coefficient (Wildman–Crippen LogP) is 3.43. The monoisotopic (exact) mass is 485 g/mol. The zero-order chi connectivity index (χ0) is 20.0. The minimum atomic E-state index is -3.14. The summed E-state index contributed by atoms with van der Waals surface area (Å²) in [6, 6.07) is 9.53. The van der Waals surface area contributed by atoms with Gasteiger partial charge in [0.1, 0.15) is 12.4 Å². The first kappa shape index (κ1) is 24.1. The molecule has 6 nitrogen and oxygen atoms in total. The molecule has 0 N–H and O–H groups in total. The molecule has 3 rings (SSSR count). The molecule has 0 spiro atoms. The van der Waals surface area contributed by atoms with Gasteiger partial charge in [0.2, 0.25) is 10.0 Å². The van der Waals surface area contributed by atoms with E-state index in [9.17, 15) is 8.42 Å². The molecule has 8 heteroatoms. The molecule has 2 aliphatic rings. The average Bonchev–Trinajstić information content (AvgIpc) is 2.95. The Morgan fingerprint density at radius 2 is 1.90 bits per heavy atom. The Balaban J connectivity index is 0.00000300. The molecule has 0 saturated carbocycles. The van der Waals surface area contributed by atoms with E-state index in [1.165, 1.54) is 6.26 Å². The zero-order valence-electron chi connectivity index (χ0n) is 17.1. The van der Waals surface area contributed by atoms with E-state index in [-0.39, 0.29) is 23.0 Å². The van der Waals surface area contributed by atoms with E-state index in [2.05, 4.69) is 11.0 Å². The van der Waals surface area contributed by atoms with E-state index in [1.54, 1.807) is 16.4 Å². The second kappa shape index (κ2) is 11.3. The van der Waals surface area contributed by atoms with Crippen LogP contribution in [0.15, 0.2) is 24.3 Å². The Bertz CT molecular complexity index is 789. The van der Waals surface area contributed by atoms with Crippen molar-refractivity contribution in [1.29, 1.82) is 5.26 Å². The van der Waals surface area contributed by atoms with Gasteiger partial charge in [0.25, 0.3) is 0 Å². The largest absolute Gasteiger partial charge is 0.492 e. The highest BCUT2D eigenvalue weighted by Gasteiger charge is 2.35. The van der Waals surface area contributed by atoms with Crippen LogP contribution in [0.2, 0.25) is 0 Å². The van der Waals surface area contributed by atoms with Crippen molar-refractivity contribution in [1.82, 2.24) is 9.21 Å². The van der Waals surface area contributed by atoms with Gasteiger partial charge in [-0.25, -0.2) is 8.42 Å². The van der Waals surface area contributed by atoms with Crippen LogP contribution in [0.1, 0.15) is 44.1 Å². The molecule has 2 fully saturated rings. The van der Waals surface area contributed by atoms with Crippen molar-refractivity contribution in [3.63, 3.8) is 0 Å². The summed E-state index contributed by atoms with van der Waals surface area (Å²) in [5, 5.41) is 8.96. The van der Waals surface area contributed by atoms with E-state index in [0.29, 0.717) is 24.6 Å². The highest BCUT2D eigenvalue weighted by molar-refractivity contribution is 8.93. The van der Waals surface area contributed by atoms with Crippen LogP contribution in [0.25, 0.3) is 0 Å². The number of likely N-dealkylation sites (tertiary alicyclic amines) is 1. The summed E-state index contributed by atoms with van der Waals surface area (Å²) in [4.78, 5) is 2.39. The fraction of sp³-hybridized carbons (Fsp3) is 0.667. The average molecular weight is 486 g/mol. The van der Waals surface area contributed by atoms with Gasteiger partial charge < -0.3 is 4.74 Å². The molecule has 0 aliphatic carbocycles. The lowest BCUT2D eigenvalue weighted by Gasteiger charge is -2.39. The first-order valence-corrected chi connectivity index (χ1v) is 12.1. The summed E-state index contributed by atoms with van der Waals surface area (Å²) >= 11 is 0. The number of ether oxygens (including phenoxy) is 1. The molecule has 162 valence electrons. The van der Waals surface area contributed by atoms with Crippen molar-refractivity contribution < 1.29 is 13.2 Å². The van der Waals surface area contributed by atoms with E-state index in [0.717, 1.165) is 63.9 Å². The molecule has 1 aromatic rings. The lowest BCUT2D eigenvalue weighted by Crippen LogP contribution is -2.47. The van der Waals surface area contributed by atoms with E-state index >= 15 is 0 Å². The second-order valence-corrected chi connectivity index (χ2v) is 9.89. The normalized spacial score (nSPS) is 22.3. The summed E-state index contributed by atoms with van der Waals surface area (Å²) in [7, 11) is -3.14. The molecule has 2 saturated heterocycles. The van der Waals surface area contributed by atoms with Crippen LogP contribution >= 0.6 is 17.0 Å². The summed E-state index contributed by atoms with van der Waals surface area (Å²) in [5.74, 6) is 1.19. The van der Waals surface area contributed by atoms with Gasteiger partial charge in [0, 0.05) is 19.1 Å². The highest BCUT2D eigenvalue weighted by atomic mass is 79.9. The molecule has 1 atom stereocenters. The van der Waals surface area contributed by atoms with Crippen molar-refractivity contribution >= 4 is 27.0 Å². The number of nitrogens with zero attached hydrogens (tertiary/aromatic N) is 3. The van der Waals surface area contributed by atoms with Gasteiger partial charge in [0.05, 0.1) is 17.9 Å². The third kappa shape index (κ3) is 6.95. The van der Waals surface area contributed by atoms with Crippen LogP contribution in [0.5, 0.6) is 5.75 Å². The summed E-state index contributed by atoms with van der Waals surface area (Å²) in [6.45, 7) is 4.10. The third-order valence-corrected chi connectivity index (χ3v) is 7.30. The molecule has 1 unspecified atom stereocenters. The molecular formula is C21H32BrN3O3S. The summed E-state index contributed by atoms with van der Waals surface area (Å²) < 4.78 is 32.1. The van der Waals surface area contributed by atoms with E-state index < -0.39 is 10.0 Å². The Hall–Kier alpha value is -1.14. The van der Waals surface area contributed by atoms with Crippen LogP contribution in [0.3, 0.4) is 0 Å². The topological polar surface area (TPSA) is 73.6 Å². The second-order valence-electron chi connectivity index (χ2n) is 7.96. The van der Waals surface area contributed by atoms with E-state index in [4.69, 9.17) is 10.00 Å². The Morgan fingerprint density at radius 3 is 2.59 bits per heavy atom. The number of halogens is 1. The van der Waals surface area contributed by atoms with E-state index in [1.807, 2.05) is 12.1 Å². The number of rotatable bonds is 6. The van der Waals surface area contributed by atoms with Crippen molar-refractivity contribution in [2.45, 2.75) is 44.6 Å². The summed E-state index contributed by atoms with van der Waals surface area (Å²) in [5.41, 5.74) is 0.608. The highest BCUT2D eigenvalue weighted by Crippen LogP contribution is 2.31. The van der Waals surface area contributed by atoms with Gasteiger partial charge in [-0.15, -0.1) is 17.0 Å². The minimum Gasteiger partial charge on any atom is -0.492 e. The Kier molecular flexibility index (Phi) is 9.41. The van der Waals surface area contributed by atoms with Crippen LogP contribution in [0, 0.1) is 17.2 Å². The first-order valence-electron chi connectivity index (χ1n) is 10.3. The molecule has 0 radical (unpaired) electrons. The molecule has 1 aromatic carbocycles. The fourth-order valence-corrected chi connectivity index (χ4v) is 5.73. The number of nitriles is 1. The van der Waals surface area contributed by atoms with Gasteiger partial charge >= 0.3 is 0 Å². The SMILES string of the molecule is Br.CS(=O)(=O)N1CCCCCC1C1CCN(CCOc2cccc(C#N)c2)CC1. The molecular weight excluding hydrogens is 454 g/mol. The number of benzene rings is 1. The van der Waals surface area contributed by atoms with Gasteiger partial charge in [-0.2, -0.15) is 9.57 Å². The van der Waals surface area contributed by atoms with Crippen molar-refractivity contribution in [2.24, 2.45) is 5.92 Å². The molecule has 0 amide bonds. The first-order chi connectivity index (χ1) is 13.5.